The van der Waals surface area contributed by atoms with E-state index in [1.54, 1.807) is 6.07 Å². The maximum atomic E-state index is 11.5. The minimum absolute atomic E-state index is 0.00192. The van der Waals surface area contributed by atoms with Crippen molar-refractivity contribution in [3.63, 3.8) is 0 Å². The topological polar surface area (TPSA) is 29.1 Å². The third-order valence-corrected chi connectivity index (χ3v) is 5.45. The minimum Gasteiger partial charge on any atom is -0.325 e. The van der Waals surface area contributed by atoms with Crippen molar-refractivity contribution in [2.24, 2.45) is 0 Å². The largest absolute Gasteiger partial charge is 0.325 e. The third kappa shape index (κ3) is 2.70. The summed E-state index contributed by atoms with van der Waals surface area (Å²) < 4.78 is 0. The van der Waals surface area contributed by atoms with Crippen LogP contribution in [0.3, 0.4) is 0 Å². The summed E-state index contributed by atoms with van der Waals surface area (Å²) in [7, 11) is 0. The van der Waals surface area contributed by atoms with Crippen LogP contribution in [-0.4, -0.2) is 5.91 Å². The van der Waals surface area contributed by atoms with Gasteiger partial charge in [-0.1, -0.05) is 63.4 Å². The van der Waals surface area contributed by atoms with E-state index in [1.165, 1.54) is 0 Å². The lowest BCUT2D eigenvalue weighted by atomic mass is 10.00. The summed E-state index contributed by atoms with van der Waals surface area (Å²) in [6.07, 6.45) is 0.390. The zero-order chi connectivity index (χ0) is 15.1. The van der Waals surface area contributed by atoms with Crippen LogP contribution in [0.4, 0.5) is 5.69 Å². The minimum atomic E-state index is -0.113. The number of anilines is 1. The molecule has 0 saturated heterocycles. The van der Waals surface area contributed by atoms with Gasteiger partial charge in [-0.15, -0.1) is 0 Å². The van der Waals surface area contributed by atoms with Gasteiger partial charge in [0.2, 0.25) is 5.91 Å². The van der Waals surface area contributed by atoms with Crippen LogP contribution in [-0.2, 0) is 11.2 Å². The highest BCUT2D eigenvalue weighted by Crippen LogP contribution is 2.42. The van der Waals surface area contributed by atoms with Crippen molar-refractivity contribution in [1.29, 1.82) is 0 Å². The molecule has 2 aromatic rings. The number of fused-ring (bicyclic) bond motifs is 1. The second kappa shape index (κ2) is 5.64. The zero-order valence-corrected chi connectivity index (χ0v) is 14.3. The highest BCUT2D eigenvalue weighted by molar-refractivity contribution is 9.09. The first kappa shape index (κ1) is 14.9. The molecule has 1 atom stereocenters. The van der Waals surface area contributed by atoms with Crippen molar-refractivity contribution in [2.45, 2.75) is 18.2 Å². The van der Waals surface area contributed by atoms with E-state index in [2.05, 4.69) is 21.2 Å². The number of hydrogen-bond acceptors (Lipinski definition) is 1. The number of benzene rings is 2. The van der Waals surface area contributed by atoms with E-state index < -0.39 is 0 Å². The highest BCUT2D eigenvalue weighted by atomic mass is 79.9. The Labute approximate surface area is 141 Å². The summed E-state index contributed by atoms with van der Waals surface area (Å²) in [4.78, 5) is 11.4. The number of alkyl halides is 1. The lowest BCUT2D eigenvalue weighted by molar-refractivity contribution is -0.115. The molecule has 1 aliphatic heterocycles. The monoisotopic (exact) mass is 383 g/mol. The van der Waals surface area contributed by atoms with Gasteiger partial charge in [0.05, 0.1) is 11.2 Å². The van der Waals surface area contributed by atoms with E-state index in [0.717, 1.165) is 33.0 Å². The van der Waals surface area contributed by atoms with Crippen LogP contribution < -0.4 is 5.32 Å². The Kier molecular flexibility index (Phi) is 4.00. The summed E-state index contributed by atoms with van der Waals surface area (Å²) in [6.45, 7) is 1.97. The summed E-state index contributed by atoms with van der Waals surface area (Å²) in [5.74, 6) is -0.00192. The van der Waals surface area contributed by atoms with E-state index in [1.807, 2.05) is 31.2 Å². The molecule has 108 valence electrons. The predicted octanol–water partition coefficient (Wildman–Crippen LogP) is 5.28. The maximum Gasteiger partial charge on any atom is 0.228 e. The molecule has 0 fully saturated rings. The van der Waals surface area contributed by atoms with Gasteiger partial charge in [-0.05, 0) is 35.2 Å². The van der Waals surface area contributed by atoms with Gasteiger partial charge >= 0.3 is 0 Å². The summed E-state index contributed by atoms with van der Waals surface area (Å²) in [6, 6.07) is 9.68. The molecule has 3 rings (SSSR count). The van der Waals surface area contributed by atoms with Gasteiger partial charge in [0.15, 0.2) is 0 Å². The summed E-state index contributed by atoms with van der Waals surface area (Å²) >= 11 is 16.4. The predicted molar refractivity (Wildman–Crippen MR) is 90.7 cm³/mol. The van der Waals surface area contributed by atoms with E-state index in [-0.39, 0.29) is 10.7 Å². The molecule has 21 heavy (non-hydrogen) atoms. The molecule has 1 heterocycles. The van der Waals surface area contributed by atoms with Crippen LogP contribution in [0.1, 0.15) is 27.1 Å². The Morgan fingerprint density at radius 2 is 2.00 bits per heavy atom. The Hall–Kier alpha value is -1.03. The molecule has 2 aromatic carbocycles. The zero-order valence-electron chi connectivity index (χ0n) is 11.2. The molecule has 1 aliphatic rings. The molecule has 1 unspecified atom stereocenters. The number of nitrogens with one attached hydrogen (secondary N) is 1. The molecule has 0 radical (unpaired) electrons. The first-order valence-electron chi connectivity index (χ1n) is 6.48. The fraction of sp³-hybridized carbons (Fsp3) is 0.188. The van der Waals surface area contributed by atoms with Crippen molar-refractivity contribution in [3.8, 4) is 0 Å². The first-order valence-corrected chi connectivity index (χ1v) is 8.16. The van der Waals surface area contributed by atoms with Crippen molar-refractivity contribution in [1.82, 2.24) is 0 Å². The normalized spacial score (nSPS) is 14.8. The Balaban J connectivity index is 2.06. The Morgan fingerprint density at radius 1 is 1.24 bits per heavy atom. The Bertz CT molecular complexity index is 745. The van der Waals surface area contributed by atoms with Gasteiger partial charge < -0.3 is 5.32 Å². The molecule has 1 amide bonds. The lowest BCUT2D eigenvalue weighted by Crippen LogP contribution is -2.03. The number of halogens is 3. The smallest absolute Gasteiger partial charge is 0.228 e. The van der Waals surface area contributed by atoms with E-state index in [4.69, 9.17) is 23.2 Å². The SMILES string of the molecule is Cc1cccc(C(Br)c2cc3c(cc2Cl)NC(=O)C3)c1Cl. The summed E-state index contributed by atoms with van der Waals surface area (Å²) in [5.41, 5.74) is 4.67. The van der Waals surface area contributed by atoms with Gasteiger partial charge in [0, 0.05) is 15.7 Å². The first-order chi connectivity index (χ1) is 9.97. The molecule has 0 spiro atoms. The van der Waals surface area contributed by atoms with Gasteiger partial charge in [-0.25, -0.2) is 0 Å². The maximum absolute atomic E-state index is 11.5. The third-order valence-electron chi connectivity index (χ3n) is 3.62. The van der Waals surface area contributed by atoms with Gasteiger partial charge in [-0.3, -0.25) is 4.79 Å². The van der Waals surface area contributed by atoms with Crippen LogP contribution in [0.2, 0.25) is 10.0 Å². The van der Waals surface area contributed by atoms with Crippen molar-refractivity contribution < 1.29 is 4.79 Å². The molecule has 0 aromatic heterocycles. The lowest BCUT2D eigenvalue weighted by Gasteiger charge is -2.16. The second-order valence-corrected chi connectivity index (χ2v) is 6.80. The fourth-order valence-electron chi connectivity index (χ4n) is 2.49. The molecular formula is C16H12BrCl2NO. The highest BCUT2D eigenvalue weighted by Gasteiger charge is 2.23. The molecule has 5 heteroatoms. The molecule has 0 aliphatic carbocycles. The number of amides is 1. The van der Waals surface area contributed by atoms with E-state index >= 15 is 0 Å². The molecular weight excluding hydrogens is 373 g/mol. The quantitative estimate of drug-likeness (QED) is 0.701. The second-order valence-electron chi connectivity index (χ2n) is 5.10. The number of carbonyl (C=O) groups is 1. The molecule has 0 bridgehead atoms. The van der Waals surface area contributed by atoms with Crippen LogP contribution in [0.25, 0.3) is 0 Å². The van der Waals surface area contributed by atoms with Crippen molar-refractivity contribution >= 4 is 50.7 Å². The molecule has 0 saturated carbocycles. The number of rotatable bonds is 2. The average Bonchev–Trinajstić information content (AvgIpc) is 2.79. The van der Waals surface area contributed by atoms with E-state index in [0.29, 0.717) is 11.4 Å². The van der Waals surface area contributed by atoms with Crippen LogP contribution in [0.15, 0.2) is 30.3 Å². The van der Waals surface area contributed by atoms with Gasteiger partial charge in [0.1, 0.15) is 0 Å². The van der Waals surface area contributed by atoms with Crippen molar-refractivity contribution in [2.75, 3.05) is 5.32 Å². The number of aryl methyl sites for hydroxylation is 1. The van der Waals surface area contributed by atoms with Crippen LogP contribution in [0, 0.1) is 6.92 Å². The standard InChI is InChI=1S/C16H12BrCl2NO/c1-8-3-2-4-10(16(8)19)15(17)11-5-9-6-14(21)20-13(9)7-12(11)18/h2-5,7,15H,6H2,1H3,(H,20,21). The number of hydrogen-bond donors (Lipinski definition) is 1. The van der Waals surface area contributed by atoms with Crippen LogP contribution >= 0.6 is 39.1 Å². The van der Waals surface area contributed by atoms with Crippen LogP contribution in [0.5, 0.6) is 0 Å². The average molecular weight is 385 g/mol. The summed E-state index contributed by atoms with van der Waals surface area (Å²) in [5, 5.41) is 4.13. The van der Waals surface area contributed by atoms with E-state index in [9.17, 15) is 4.79 Å². The van der Waals surface area contributed by atoms with Gasteiger partial charge in [-0.2, -0.15) is 0 Å². The Morgan fingerprint density at radius 3 is 2.76 bits per heavy atom. The molecule has 1 N–H and O–H groups in total. The van der Waals surface area contributed by atoms with Crippen molar-refractivity contribution in [3.05, 3.63) is 62.6 Å². The number of carbonyl (C=O) groups excluding carboxylic acids is 1. The molecule has 2 nitrogen and oxygen atoms in total. The fourth-order valence-corrected chi connectivity index (χ4v) is 4.03. The van der Waals surface area contributed by atoms with Gasteiger partial charge in [0.25, 0.3) is 0 Å².